The number of esters is 2. The third kappa shape index (κ3) is 4.75. The molecule has 12 rings (SSSR count). The first-order valence-electron chi connectivity index (χ1n) is 19.7. The number of ether oxygens (including phenoxy) is 5. The number of methoxy groups -OCH3 is 1. The molecule has 9 aliphatic rings. The van der Waals surface area contributed by atoms with E-state index in [4.69, 9.17) is 28.1 Å². The summed E-state index contributed by atoms with van der Waals surface area (Å²) in [6.45, 7) is 6.99. The number of aliphatic hydroxyl groups is 2. The Morgan fingerprint density at radius 2 is 1.95 bits per heavy atom. The Morgan fingerprint density at radius 1 is 1.17 bits per heavy atom. The molecular weight excluding hydrogens is 765 g/mol. The van der Waals surface area contributed by atoms with Gasteiger partial charge in [0, 0.05) is 65.0 Å². The van der Waals surface area contributed by atoms with Crippen molar-refractivity contribution >= 4 is 34.7 Å². The van der Waals surface area contributed by atoms with Crippen LogP contribution < -0.4 is 19.5 Å². The number of nitrogens with zero attached hydrogens (tertiary/aromatic N) is 3. The number of para-hydroxylation sites is 1. The van der Waals surface area contributed by atoms with Crippen molar-refractivity contribution in [3.63, 3.8) is 0 Å². The molecule has 304 valence electrons. The highest BCUT2D eigenvalue weighted by atomic mass is 32.2. The maximum atomic E-state index is 15.1. The molecule has 1 aliphatic carbocycles. The minimum Gasteiger partial charge on any atom is -0.508 e. The highest BCUT2D eigenvalue weighted by Crippen LogP contribution is 2.67. The van der Waals surface area contributed by atoms with Crippen molar-refractivity contribution in [1.82, 2.24) is 15.1 Å². The zero-order valence-electron chi connectivity index (χ0n) is 33.2. The molecule has 4 fully saturated rings. The molecule has 1 spiro atoms. The Hall–Kier alpha value is -4.72. The zero-order chi connectivity index (χ0) is 40.6. The number of hydrogen-bond donors (Lipinski definition) is 3. The van der Waals surface area contributed by atoms with Crippen LogP contribution in [-0.4, -0.2) is 102 Å². The summed E-state index contributed by atoms with van der Waals surface area (Å²) >= 11 is 1.47. The molecule has 0 saturated carbocycles. The Morgan fingerprint density at radius 3 is 2.69 bits per heavy atom. The van der Waals surface area contributed by atoms with Crippen LogP contribution in [0.2, 0.25) is 0 Å². The molecule has 58 heavy (non-hydrogen) atoms. The zero-order valence-corrected chi connectivity index (χ0v) is 34.0. The molecule has 5 unspecified atom stereocenters. The number of carbonyl (C=O) groups is 2. The molecule has 1 aromatic heterocycles. The Balaban J connectivity index is 1.27. The first kappa shape index (κ1) is 37.5. The van der Waals surface area contributed by atoms with E-state index in [1.807, 2.05) is 45.2 Å². The highest BCUT2D eigenvalue weighted by Gasteiger charge is 2.70. The number of allylic oxidation sites excluding steroid dienone is 2. The molecule has 3 N–H and O–H groups in total. The summed E-state index contributed by atoms with van der Waals surface area (Å²) in [7, 11) is 3.55. The number of piperazine rings is 1. The lowest BCUT2D eigenvalue weighted by atomic mass is 9.63. The fourth-order valence-corrected chi connectivity index (χ4v) is 13.4. The van der Waals surface area contributed by atoms with Gasteiger partial charge in [0.25, 0.3) is 0 Å². The fourth-order valence-electron chi connectivity index (χ4n) is 11.8. The predicted octanol–water partition coefficient (Wildman–Crippen LogP) is 4.83. The number of fused-ring (bicyclic) bond motifs is 8. The van der Waals surface area contributed by atoms with Gasteiger partial charge in [0.1, 0.15) is 35.0 Å². The number of nitriles is 1. The second-order valence-corrected chi connectivity index (χ2v) is 18.2. The molecule has 8 aliphatic heterocycles. The molecule has 3 aromatic rings. The largest absolute Gasteiger partial charge is 0.508 e. The van der Waals surface area contributed by atoms with E-state index in [2.05, 4.69) is 34.2 Å². The normalized spacial score (nSPS) is 35.9. The van der Waals surface area contributed by atoms with Gasteiger partial charge in [0.15, 0.2) is 22.8 Å². The van der Waals surface area contributed by atoms with Crippen LogP contribution in [-0.2, 0) is 31.0 Å². The second kappa shape index (κ2) is 12.9. The first-order valence-corrected chi connectivity index (χ1v) is 20.8. The van der Waals surface area contributed by atoms with Crippen LogP contribution in [0, 0.1) is 29.6 Å². The summed E-state index contributed by atoms with van der Waals surface area (Å²) < 4.78 is 37.6. The van der Waals surface area contributed by atoms with E-state index >= 15 is 4.79 Å². The predicted molar refractivity (Wildman–Crippen MR) is 210 cm³/mol. The Labute approximate surface area is 339 Å². The van der Waals surface area contributed by atoms with Crippen molar-refractivity contribution < 1.29 is 47.9 Å². The molecular formula is C43H46N4O10S. The minimum atomic E-state index is -1.54. The van der Waals surface area contributed by atoms with Crippen LogP contribution in [0.15, 0.2) is 51.9 Å². The first-order chi connectivity index (χ1) is 27.8. The van der Waals surface area contributed by atoms with Crippen LogP contribution >= 0.6 is 11.8 Å². The average molecular weight is 811 g/mol. The van der Waals surface area contributed by atoms with Crippen LogP contribution in [0.3, 0.4) is 0 Å². The number of likely N-dealkylation sites (N-methyl/N-ethyl adjacent to an activating group) is 1. The van der Waals surface area contributed by atoms with Gasteiger partial charge in [-0.1, -0.05) is 31.2 Å². The number of aliphatic hydroxyl groups excluding tert-OH is 2. The van der Waals surface area contributed by atoms with Gasteiger partial charge in [-0.15, -0.1) is 11.8 Å². The lowest BCUT2D eigenvalue weighted by molar-refractivity contribution is -0.160. The van der Waals surface area contributed by atoms with E-state index < -0.39 is 57.8 Å². The standard InChI is InChI=1S/C43H46N4O10S/c1-20-11-23-13-42(16-44)17-46(5)37(41(23,4)38(50)32(20)52-6)31-36-30-29(35-34(54-19-55-35)21(2)33(30)56-22(3)49)27(47(31)42)15-53-40(51)43(18-58-36)39-26(12-24(14-48)45-43)25-9-7-8-10-28(25)57-39/h7-11,23-24,27,31,36-37,45,48,50H,12-15,17-19H2,1-6H3/t23?,24-,27-,31-,36+,37?,41?,42?,43+/m0/s1. The molecule has 4 saturated heterocycles. The minimum absolute atomic E-state index is 0.0677. The summed E-state index contributed by atoms with van der Waals surface area (Å²) in [6, 6.07) is 8.14. The number of thioether (sulfide) groups is 1. The fraction of sp³-hybridized carbons (Fsp3) is 0.512. The van der Waals surface area contributed by atoms with E-state index in [1.54, 1.807) is 7.11 Å². The molecule has 14 nitrogen and oxygen atoms in total. The van der Waals surface area contributed by atoms with E-state index in [0.717, 1.165) is 16.5 Å². The third-order valence-corrected chi connectivity index (χ3v) is 15.5. The lowest BCUT2D eigenvalue weighted by Crippen LogP contribution is -2.73. The van der Waals surface area contributed by atoms with Crippen molar-refractivity contribution in [2.24, 2.45) is 11.3 Å². The van der Waals surface area contributed by atoms with Gasteiger partial charge in [-0.05, 0) is 51.3 Å². The molecule has 10 atom stereocenters. The lowest BCUT2D eigenvalue weighted by Gasteiger charge is -2.62. The van der Waals surface area contributed by atoms with Gasteiger partial charge in [0.05, 0.1) is 36.5 Å². The van der Waals surface area contributed by atoms with Crippen molar-refractivity contribution in [2.45, 2.75) is 81.0 Å². The van der Waals surface area contributed by atoms with E-state index in [-0.39, 0.29) is 37.4 Å². The number of carbonyl (C=O) groups excluding carboxylic acids is 2. The van der Waals surface area contributed by atoms with Crippen molar-refractivity contribution in [2.75, 3.05) is 46.5 Å². The maximum Gasteiger partial charge on any atom is 0.335 e. The molecule has 4 bridgehead atoms. The van der Waals surface area contributed by atoms with Crippen LogP contribution in [0.25, 0.3) is 11.0 Å². The quantitative estimate of drug-likeness (QED) is 0.242. The number of furan rings is 1. The molecule has 9 heterocycles. The van der Waals surface area contributed by atoms with Gasteiger partial charge in [-0.2, -0.15) is 5.26 Å². The van der Waals surface area contributed by atoms with E-state index in [1.165, 1.54) is 18.7 Å². The summed E-state index contributed by atoms with van der Waals surface area (Å²) in [6.07, 6.45) is 2.92. The van der Waals surface area contributed by atoms with Crippen LogP contribution in [0.1, 0.15) is 66.5 Å². The monoisotopic (exact) mass is 810 g/mol. The topological polar surface area (TPSA) is 176 Å². The summed E-state index contributed by atoms with van der Waals surface area (Å²) in [5.41, 5.74) is 0.508. The number of benzene rings is 2. The summed E-state index contributed by atoms with van der Waals surface area (Å²) in [4.78, 5) is 32.6. The van der Waals surface area contributed by atoms with Gasteiger partial charge >= 0.3 is 11.9 Å². The van der Waals surface area contributed by atoms with E-state index in [0.29, 0.717) is 70.4 Å². The highest BCUT2D eigenvalue weighted by molar-refractivity contribution is 7.99. The number of rotatable bonds is 3. The number of nitrogens with one attached hydrogen (secondary N) is 1. The van der Waals surface area contributed by atoms with Gasteiger partial charge in [-0.3, -0.25) is 19.9 Å². The van der Waals surface area contributed by atoms with Gasteiger partial charge < -0.3 is 38.3 Å². The SMILES string of the molecule is COC1=C(O)C2(C)C(C=C1C)CC1(C#N)CN(C)C2[C@@H]2[C@@H]3SC[C@]4(N[C@H](CO)Cc5c4oc4ccccc54)C(=O)OC[C@@H](c4c5c(c(C)c(OC(C)=O)c43)OCO5)N21. The molecule has 15 heteroatoms. The second-order valence-electron chi connectivity index (χ2n) is 17.1. The Bertz CT molecular complexity index is 2420. The van der Waals surface area contributed by atoms with E-state index in [9.17, 15) is 20.3 Å². The summed E-state index contributed by atoms with van der Waals surface area (Å²) in [5.74, 6) is 0.865. The number of hydrogen-bond acceptors (Lipinski definition) is 15. The van der Waals surface area contributed by atoms with Crippen LogP contribution in [0.5, 0.6) is 17.2 Å². The molecule has 0 radical (unpaired) electrons. The molecule has 0 amide bonds. The maximum absolute atomic E-state index is 15.1. The third-order valence-electron chi connectivity index (χ3n) is 14.0. The van der Waals surface area contributed by atoms with Crippen LogP contribution in [0.4, 0.5) is 0 Å². The van der Waals surface area contributed by atoms with Crippen molar-refractivity contribution in [1.29, 1.82) is 5.26 Å². The van der Waals surface area contributed by atoms with Gasteiger partial charge in [-0.25, -0.2) is 4.79 Å². The van der Waals surface area contributed by atoms with Crippen molar-refractivity contribution in [3.8, 4) is 23.3 Å². The Kier molecular flexibility index (Phi) is 8.34. The van der Waals surface area contributed by atoms with Crippen molar-refractivity contribution in [3.05, 3.63) is 75.4 Å². The smallest absolute Gasteiger partial charge is 0.335 e. The summed E-state index contributed by atoms with van der Waals surface area (Å²) in [5, 5.41) is 38.5. The average Bonchev–Trinajstić information content (AvgIpc) is 3.81. The van der Waals surface area contributed by atoms with Gasteiger partial charge in [0.2, 0.25) is 6.79 Å². The molecule has 2 aromatic carbocycles.